The van der Waals surface area contributed by atoms with Crippen molar-refractivity contribution in [2.24, 2.45) is 0 Å². The van der Waals surface area contributed by atoms with Crippen LogP contribution in [0.15, 0.2) is 23.1 Å². The Morgan fingerprint density at radius 3 is 2.55 bits per heavy atom. The van der Waals surface area contributed by atoms with Crippen molar-refractivity contribution in [2.45, 2.75) is 44.0 Å². The fourth-order valence-corrected chi connectivity index (χ4v) is 3.35. The Hall–Kier alpha value is -1.67. The lowest BCUT2D eigenvalue weighted by atomic mass is 10.1. The van der Waals surface area contributed by atoms with Crippen molar-refractivity contribution < 1.29 is 13.3 Å². The average molecular weight is 301 g/mol. The Labute approximate surface area is 118 Å². The van der Waals surface area contributed by atoms with Crippen LogP contribution < -0.4 is 10.5 Å². The predicted molar refractivity (Wildman–Crippen MR) is 76.8 cm³/mol. The fourth-order valence-electron chi connectivity index (χ4n) is 1.85. The van der Waals surface area contributed by atoms with Gasteiger partial charge in [-0.3, -0.25) is 10.1 Å². The summed E-state index contributed by atoms with van der Waals surface area (Å²) in [6.07, 6.45) is 2.18. The third-order valence-electron chi connectivity index (χ3n) is 2.95. The van der Waals surface area contributed by atoms with E-state index in [2.05, 4.69) is 4.72 Å². The van der Waals surface area contributed by atoms with Crippen LogP contribution in [0, 0.1) is 10.1 Å². The fraction of sp³-hybridized carbons (Fsp3) is 0.500. The zero-order chi connectivity index (χ0) is 15.3. The van der Waals surface area contributed by atoms with Crippen LogP contribution in [0.3, 0.4) is 0 Å². The van der Waals surface area contributed by atoms with Crippen molar-refractivity contribution in [1.29, 1.82) is 0 Å². The summed E-state index contributed by atoms with van der Waals surface area (Å²) in [7, 11) is -3.86. The molecule has 0 saturated carbocycles. The summed E-state index contributed by atoms with van der Waals surface area (Å²) in [6, 6.07) is 3.19. The van der Waals surface area contributed by atoms with Crippen molar-refractivity contribution in [3.63, 3.8) is 0 Å². The second-order valence-electron chi connectivity index (χ2n) is 4.49. The second-order valence-corrected chi connectivity index (χ2v) is 6.18. The van der Waals surface area contributed by atoms with Gasteiger partial charge in [0.25, 0.3) is 5.69 Å². The first-order chi connectivity index (χ1) is 9.31. The van der Waals surface area contributed by atoms with Crippen molar-refractivity contribution in [3.05, 3.63) is 28.3 Å². The molecule has 3 N–H and O–H groups in total. The second kappa shape index (κ2) is 6.67. The van der Waals surface area contributed by atoms with Crippen LogP contribution in [0.25, 0.3) is 0 Å². The van der Waals surface area contributed by atoms with Gasteiger partial charge >= 0.3 is 0 Å². The third-order valence-corrected chi connectivity index (χ3v) is 4.53. The Morgan fingerprint density at radius 1 is 1.40 bits per heavy atom. The van der Waals surface area contributed by atoms with Gasteiger partial charge in [-0.1, -0.05) is 20.3 Å². The van der Waals surface area contributed by atoms with Gasteiger partial charge in [-0.15, -0.1) is 0 Å². The van der Waals surface area contributed by atoms with Gasteiger partial charge in [-0.05, 0) is 18.9 Å². The number of benzene rings is 1. The van der Waals surface area contributed by atoms with Crippen LogP contribution in [0.2, 0.25) is 0 Å². The number of nitrogens with zero attached hydrogens (tertiary/aromatic N) is 1. The molecular formula is C12H19N3O4S. The number of non-ortho nitro benzene ring substituents is 1. The van der Waals surface area contributed by atoms with E-state index in [0.29, 0.717) is 12.8 Å². The molecule has 1 rings (SSSR count). The number of nitrogen functional groups attached to an aromatic ring is 1. The van der Waals surface area contributed by atoms with Crippen LogP contribution in [-0.2, 0) is 10.0 Å². The molecule has 1 atom stereocenters. The van der Waals surface area contributed by atoms with Gasteiger partial charge in [-0.2, -0.15) is 0 Å². The van der Waals surface area contributed by atoms with Crippen molar-refractivity contribution in [3.8, 4) is 0 Å². The highest BCUT2D eigenvalue weighted by molar-refractivity contribution is 7.89. The summed E-state index contributed by atoms with van der Waals surface area (Å²) in [5.74, 6) is 0. The lowest BCUT2D eigenvalue weighted by Crippen LogP contribution is -2.34. The number of rotatable bonds is 7. The molecule has 1 aromatic carbocycles. The lowest BCUT2D eigenvalue weighted by Gasteiger charge is -2.17. The number of sulfonamides is 1. The number of nitro groups is 1. The maximum absolute atomic E-state index is 12.3. The summed E-state index contributed by atoms with van der Waals surface area (Å²) in [4.78, 5) is 9.82. The van der Waals surface area contributed by atoms with Crippen LogP contribution in [0.1, 0.15) is 33.1 Å². The number of nitrogens with two attached hydrogens (primary N) is 1. The molecule has 1 unspecified atom stereocenters. The maximum atomic E-state index is 12.3. The molecular weight excluding hydrogens is 282 g/mol. The first-order valence-electron chi connectivity index (χ1n) is 6.38. The smallest absolute Gasteiger partial charge is 0.270 e. The average Bonchev–Trinajstić information content (AvgIpc) is 2.37. The third kappa shape index (κ3) is 3.91. The van der Waals surface area contributed by atoms with E-state index in [1.807, 2.05) is 13.8 Å². The van der Waals surface area contributed by atoms with Crippen LogP contribution in [0.5, 0.6) is 0 Å². The van der Waals surface area contributed by atoms with Gasteiger partial charge < -0.3 is 5.73 Å². The van der Waals surface area contributed by atoms with E-state index in [9.17, 15) is 18.5 Å². The van der Waals surface area contributed by atoms with Crippen molar-refractivity contribution in [1.82, 2.24) is 4.72 Å². The predicted octanol–water partition coefficient (Wildman–Crippen LogP) is 2.03. The minimum atomic E-state index is -3.86. The molecule has 0 aliphatic carbocycles. The normalized spacial score (nSPS) is 13.1. The zero-order valence-corrected chi connectivity index (χ0v) is 12.3. The molecule has 0 spiro atoms. The molecule has 7 nitrogen and oxygen atoms in total. The SMILES string of the molecule is CCCC(CC)NS(=O)(=O)c1cc([N+](=O)[O-])ccc1N. The summed E-state index contributed by atoms with van der Waals surface area (Å²) < 4.78 is 27.1. The van der Waals surface area contributed by atoms with Crippen LogP contribution in [0.4, 0.5) is 11.4 Å². The van der Waals surface area contributed by atoms with E-state index in [0.717, 1.165) is 12.5 Å². The molecule has 8 heteroatoms. The van der Waals surface area contributed by atoms with Crippen molar-refractivity contribution in [2.75, 3.05) is 5.73 Å². The number of hydrogen-bond donors (Lipinski definition) is 2. The Kier molecular flexibility index (Phi) is 5.46. The monoisotopic (exact) mass is 301 g/mol. The minimum Gasteiger partial charge on any atom is -0.398 e. The van der Waals surface area contributed by atoms with E-state index in [-0.39, 0.29) is 22.3 Å². The highest BCUT2D eigenvalue weighted by Gasteiger charge is 2.23. The molecule has 1 aromatic rings. The molecule has 0 radical (unpaired) electrons. The Bertz CT molecular complexity index is 586. The molecule has 0 heterocycles. The summed E-state index contributed by atoms with van der Waals surface area (Å²) >= 11 is 0. The van der Waals surface area contributed by atoms with Gasteiger partial charge in [0.05, 0.1) is 10.6 Å². The number of anilines is 1. The van der Waals surface area contributed by atoms with Crippen LogP contribution in [-0.4, -0.2) is 19.4 Å². The van der Waals surface area contributed by atoms with Gasteiger partial charge in [0.1, 0.15) is 4.90 Å². The molecule has 0 bridgehead atoms. The minimum absolute atomic E-state index is 0.00514. The largest absolute Gasteiger partial charge is 0.398 e. The van der Waals surface area contributed by atoms with Gasteiger partial charge in [0.2, 0.25) is 10.0 Å². The van der Waals surface area contributed by atoms with E-state index >= 15 is 0 Å². The van der Waals surface area contributed by atoms with E-state index in [1.165, 1.54) is 12.1 Å². The lowest BCUT2D eigenvalue weighted by molar-refractivity contribution is -0.385. The molecule has 0 fully saturated rings. The van der Waals surface area contributed by atoms with E-state index < -0.39 is 14.9 Å². The number of nitrogens with one attached hydrogen (secondary N) is 1. The quantitative estimate of drug-likeness (QED) is 0.454. The summed E-state index contributed by atoms with van der Waals surface area (Å²) in [5.41, 5.74) is 5.32. The molecule has 112 valence electrons. The summed E-state index contributed by atoms with van der Waals surface area (Å²) in [6.45, 7) is 3.83. The van der Waals surface area contributed by atoms with E-state index in [4.69, 9.17) is 5.73 Å². The molecule has 0 aliphatic rings. The van der Waals surface area contributed by atoms with Gasteiger partial charge in [0.15, 0.2) is 0 Å². The molecule has 0 saturated heterocycles. The zero-order valence-electron chi connectivity index (χ0n) is 11.5. The van der Waals surface area contributed by atoms with Gasteiger partial charge in [0, 0.05) is 18.2 Å². The van der Waals surface area contributed by atoms with Crippen molar-refractivity contribution >= 4 is 21.4 Å². The van der Waals surface area contributed by atoms with Gasteiger partial charge in [-0.25, -0.2) is 13.1 Å². The molecule has 0 aromatic heterocycles. The Balaban J connectivity index is 3.14. The number of nitro benzene ring substituents is 1. The first kappa shape index (κ1) is 16.4. The van der Waals surface area contributed by atoms with Crippen LogP contribution >= 0.6 is 0 Å². The standard InChI is InChI=1S/C12H19N3O4S/c1-3-5-9(4-2)14-20(18,19)12-8-10(15(16)17)6-7-11(12)13/h6-9,14H,3-5,13H2,1-2H3. The number of hydrogen-bond acceptors (Lipinski definition) is 5. The first-order valence-corrected chi connectivity index (χ1v) is 7.86. The maximum Gasteiger partial charge on any atom is 0.270 e. The molecule has 0 aliphatic heterocycles. The highest BCUT2D eigenvalue weighted by Crippen LogP contribution is 2.24. The highest BCUT2D eigenvalue weighted by atomic mass is 32.2. The topological polar surface area (TPSA) is 115 Å². The summed E-state index contributed by atoms with van der Waals surface area (Å²) in [5, 5.41) is 10.7. The van der Waals surface area contributed by atoms with E-state index in [1.54, 1.807) is 0 Å². The Morgan fingerprint density at radius 2 is 2.05 bits per heavy atom. The molecule has 0 amide bonds. The molecule has 20 heavy (non-hydrogen) atoms.